The Morgan fingerprint density at radius 3 is 2.72 bits per heavy atom. The second kappa shape index (κ2) is 11.5. The van der Waals surface area contributed by atoms with E-state index in [0.717, 1.165) is 60.6 Å². The van der Waals surface area contributed by atoms with Crippen molar-refractivity contribution in [1.29, 1.82) is 0 Å². The highest BCUT2D eigenvalue weighted by atomic mass is 16.4. The van der Waals surface area contributed by atoms with Gasteiger partial charge < -0.3 is 14.5 Å². The Morgan fingerprint density at radius 1 is 1.25 bits per heavy atom. The van der Waals surface area contributed by atoms with E-state index in [1.807, 2.05) is 19.1 Å². The zero-order valence-electron chi connectivity index (χ0n) is 19.0. The molecule has 1 aliphatic carbocycles. The van der Waals surface area contributed by atoms with Crippen LogP contribution in [0, 0.1) is 6.92 Å². The molecule has 1 aromatic heterocycles. The molecule has 6 heteroatoms. The van der Waals surface area contributed by atoms with Crippen LogP contribution in [0.1, 0.15) is 61.1 Å². The molecule has 0 fully saturated rings. The van der Waals surface area contributed by atoms with Gasteiger partial charge in [0.1, 0.15) is 11.8 Å². The fourth-order valence-corrected chi connectivity index (χ4v) is 3.84. The van der Waals surface area contributed by atoms with Crippen LogP contribution in [0.2, 0.25) is 0 Å². The molecule has 1 aromatic carbocycles. The van der Waals surface area contributed by atoms with Crippen molar-refractivity contribution in [3.63, 3.8) is 0 Å². The number of aromatic nitrogens is 1. The van der Waals surface area contributed by atoms with Gasteiger partial charge in [-0.1, -0.05) is 48.6 Å². The third-order valence-corrected chi connectivity index (χ3v) is 5.67. The molecule has 0 amide bonds. The summed E-state index contributed by atoms with van der Waals surface area (Å²) in [5.74, 6) is 6.52. The number of rotatable bonds is 10. The zero-order valence-corrected chi connectivity index (χ0v) is 19.0. The molecule has 0 spiro atoms. The molecule has 1 unspecified atom stereocenters. The molecule has 3 N–H and O–H groups in total. The highest BCUT2D eigenvalue weighted by molar-refractivity contribution is 5.74. The van der Waals surface area contributed by atoms with Gasteiger partial charge in [-0.2, -0.15) is 0 Å². The van der Waals surface area contributed by atoms with E-state index in [9.17, 15) is 9.90 Å². The van der Waals surface area contributed by atoms with E-state index in [1.165, 1.54) is 17.0 Å². The van der Waals surface area contributed by atoms with Crippen molar-refractivity contribution < 1.29 is 14.3 Å². The van der Waals surface area contributed by atoms with Crippen LogP contribution in [0.3, 0.4) is 0 Å². The second-order valence-corrected chi connectivity index (χ2v) is 8.17. The number of carboxylic acids is 1. The maximum absolute atomic E-state index is 11.5. The third kappa shape index (κ3) is 6.44. The SMILES string of the molecule is C/C=C\N(N)C(Cc1ccc(CCCc2nc(C3=CCCCC=C3)oc2C)cc1)C(=O)O. The lowest BCUT2D eigenvalue weighted by Crippen LogP contribution is -2.43. The van der Waals surface area contributed by atoms with E-state index in [1.54, 1.807) is 19.2 Å². The van der Waals surface area contributed by atoms with Crippen molar-refractivity contribution in [1.82, 2.24) is 9.99 Å². The van der Waals surface area contributed by atoms with E-state index in [-0.39, 0.29) is 0 Å². The topological polar surface area (TPSA) is 92.6 Å². The summed E-state index contributed by atoms with van der Waals surface area (Å²) in [4.78, 5) is 16.3. The molecule has 3 rings (SSSR count). The summed E-state index contributed by atoms with van der Waals surface area (Å²) in [6.07, 6.45) is 16.2. The van der Waals surface area contributed by atoms with Gasteiger partial charge in [-0.25, -0.2) is 15.6 Å². The van der Waals surface area contributed by atoms with Crippen LogP contribution in [-0.2, 0) is 24.1 Å². The number of aryl methyl sites for hydroxylation is 3. The standard InChI is InChI=1S/C26H33N3O3/c1-3-17-29(27)24(26(30)31)18-21-15-13-20(14-16-21)9-8-12-23-19(2)32-25(28-23)22-10-6-4-5-7-11-22/h3,6,10-11,13-17,24H,4-5,7-9,12,18,27H2,1-2H3,(H,30,31)/b17-3-. The first-order chi connectivity index (χ1) is 15.5. The first kappa shape index (κ1) is 23.5. The molecule has 2 aromatic rings. The average molecular weight is 436 g/mol. The fourth-order valence-electron chi connectivity index (χ4n) is 3.84. The molecule has 1 aliphatic rings. The first-order valence-electron chi connectivity index (χ1n) is 11.3. The number of aliphatic carboxylic acids is 1. The molecule has 32 heavy (non-hydrogen) atoms. The maximum Gasteiger partial charge on any atom is 0.328 e. The second-order valence-electron chi connectivity index (χ2n) is 8.17. The highest BCUT2D eigenvalue weighted by Gasteiger charge is 2.21. The number of hydrogen-bond acceptors (Lipinski definition) is 5. The first-order valence-corrected chi connectivity index (χ1v) is 11.3. The lowest BCUT2D eigenvalue weighted by molar-refractivity contribution is -0.142. The van der Waals surface area contributed by atoms with E-state index in [0.29, 0.717) is 6.42 Å². The Hall–Kier alpha value is -3.12. The number of allylic oxidation sites excluding steroid dienone is 5. The number of hydrogen-bond donors (Lipinski definition) is 2. The molecular weight excluding hydrogens is 402 g/mol. The van der Waals surface area contributed by atoms with Crippen LogP contribution >= 0.6 is 0 Å². The lowest BCUT2D eigenvalue weighted by Gasteiger charge is -2.22. The van der Waals surface area contributed by atoms with Gasteiger partial charge in [0.25, 0.3) is 0 Å². The number of carboxylic acid groups (broad SMARTS) is 1. The minimum atomic E-state index is -0.938. The molecule has 0 saturated heterocycles. The number of hydrazine groups is 1. The summed E-state index contributed by atoms with van der Waals surface area (Å²) >= 11 is 0. The van der Waals surface area contributed by atoms with Gasteiger partial charge in [0.05, 0.1) is 5.69 Å². The minimum Gasteiger partial charge on any atom is -0.480 e. The Balaban J connectivity index is 1.55. The summed E-state index contributed by atoms with van der Waals surface area (Å²) in [6, 6.07) is 7.30. The van der Waals surface area contributed by atoms with E-state index in [4.69, 9.17) is 15.2 Å². The van der Waals surface area contributed by atoms with Crippen LogP contribution in [0.15, 0.2) is 59.2 Å². The predicted molar refractivity (Wildman–Crippen MR) is 127 cm³/mol. The molecule has 1 atom stereocenters. The fraction of sp³-hybridized carbons (Fsp3) is 0.385. The van der Waals surface area contributed by atoms with Gasteiger partial charge in [-0.05, 0) is 63.5 Å². The Bertz CT molecular complexity index is 986. The van der Waals surface area contributed by atoms with E-state index in [2.05, 4.69) is 30.4 Å². The number of benzene rings is 1. The lowest BCUT2D eigenvalue weighted by atomic mass is 10.0. The van der Waals surface area contributed by atoms with Crippen LogP contribution in [-0.4, -0.2) is 27.1 Å². The molecule has 0 saturated carbocycles. The van der Waals surface area contributed by atoms with Crippen molar-refractivity contribution in [2.24, 2.45) is 5.84 Å². The minimum absolute atomic E-state index is 0.349. The van der Waals surface area contributed by atoms with Crippen LogP contribution < -0.4 is 5.84 Å². The average Bonchev–Trinajstić information content (AvgIpc) is 2.97. The molecule has 1 heterocycles. The summed E-state index contributed by atoms with van der Waals surface area (Å²) in [5.41, 5.74) is 4.27. The summed E-state index contributed by atoms with van der Waals surface area (Å²) < 4.78 is 5.92. The predicted octanol–water partition coefficient (Wildman–Crippen LogP) is 4.99. The quantitative estimate of drug-likeness (QED) is 0.404. The molecule has 0 bridgehead atoms. The summed E-state index contributed by atoms with van der Waals surface area (Å²) in [5, 5.41) is 10.7. The van der Waals surface area contributed by atoms with Crippen LogP contribution in [0.4, 0.5) is 0 Å². The summed E-state index contributed by atoms with van der Waals surface area (Å²) in [7, 11) is 0. The Morgan fingerprint density at radius 2 is 2.00 bits per heavy atom. The zero-order chi connectivity index (χ0) is 22.9. The maximum atomic E-state index is 11.5. The van der Waals surface area contributed by atoms with Gasteiger partial charge in [0, 0.05) is 18.2 Å². The molecular formula is C26H33N3O3. The smallest absolute Gasteiger partial charge is 0.328 e. The van der Waals surface area contributed by atoms with Gasteiger partial charge >= 0.3 is 5.97 Å². The third-order valence-electron chi connectivity index (χ3n) is 5.67. The van der Waals surface area contributed by atoms with Crippen LogP contribution in [0.25, 0.3) is 5.57 Å². The van der Waals surface area contributed by atoms with E-state index < -0.39 is 12.0 Å². The largest absolute Gasteiger partial charge is 0.480 e. The number of oxazole rings is 1. The normalized spacial score (nSPS) is 14.9. The van der Waals surface area contributed by atoms with Crippen molar-refractivity contribution >= 4 is 11.5 Å². The Labute approximate surface area is 190 Å². The van der Waals surface area contributed by atoms with Crippen LogP contribution in [0.5, 0.6) is 0 Å². The number of carbonyl (C=O) groups is 1. The van der Waals surface area contributed by atoms with Gasteiger partial charge in [0.15, 0.2) is 0 Å². The van der Waals surface area contributed by atoms with Crippen molar-refractivity contribution in [2.45, 2.75) is 64.8 Å². The van der Waals surface area contributed by atoms with Crippen molar-refractivity contribution in [2.75, 3.05) is 0 Å². The van der Waals surface area contributed by atoms with Gasteiger partial charge in [-0.15, -0.1) is 0 Å². The molecule has 170 valence electrons. The monoisotopic (exact) mass is 435 g/mol. The van der Waals surface area contributed by atoms with Crippen molar-refractivity contribution in [3.8, 4) is 0 Å². The Kier molecular flexibility index (Phi) is 8.45. The summed E-state index contributed by atoms with van der Waals surface area (Å²) in [6.45, 7) is 3.79. The molecule has 6 nitrogen and oxygen atoms in total. The molecule has 0 radical (unpaired) electrons. The number of nitrogens with two attached hydrogens (primary N) is 1. The van der Waals surface area contributed by atoms with E-state index >= 15 is 0 Å². The number of nitrogens with zero attached hydrogens (tertiary/aromatic N) is 2. The van der Waals surface area contributed by atoms with Gasteiger partial charge in [0.2, 0.25) is 5.89 Å². The highest BCUT2D eigenvalue weighted by Crippen LogP contribution is 2.23. The van der Waals surface area contributed by atoms with Crippen molar-refractivity contribution in [3.05, 3.63) is 83.2 Å². The molecule has 0 aliphatic heterocycles. The van der Waals surface area contributed by atoms with Gasteiger partial charge in [-0.3, -0.25) is 0 Å².